The van der Waals surface area contributed by atoms with Crippen molar-refractivity contribution < 1.29 is 5.11 Å². The Kier molecular flexibility index (Phi) is 4.90. The summed E-state index contributed by atoms with van der Waals surface area (Å²) >= 11 is 0. The van der Waals surface area contributed by atoms with Gasteiger partial charge in [-0.15, -0.1) is 0 Å². The van der Waals surface area contributed by atoms with Crippen molar-refractivity contribution in [1.82, 2.24) is 4.90 Å². The van der Waals surface area contributed by atoms with Gasteiger partial charge in [0.15, 0.2) is 0 Å². The van der Waals surface area contributed by atoms with E-state index in [1.807, 2.05) is 0 Å². The third kappa shape index (κ3) is 2.71. The van der Waals surface area contributed by atoms with Crippen LogP contribution in [-0.4, -0.2) is 35.2 Å². The fourth-order valence-electron chi connectivity index (χ4n) is 2.67. The molecular formula is C12H25NO. The van der Waals surface area contributed by atoms with E-state index in [4.69, 9.17) is 0 Å². The van der Waals surface area contributed by atoms with Crippen LogP contribution in [0.4, 0.5) is 0 Å². The van der Waals surface area contributed by atoms with Crippen LogP contribution in [0, 0.1) is 5.92 Å². The van der Waals surface area contributed by atoms with Crippen LogP contribution in [0.3, 0.4) is 0 Å². The van der Waals surface area contributed by atoms with Gasteiger partial charge in [-0.3, -0.25) is 4.90 Å². The first-order valence-corrected chi connectivity index (χ1v) is 6.14. The van der Waals surface area contributed by atoms with Gasteiger partial charge in [0.05, 0.1) is 6.10 Å². The van der Waals surface area contributed by atoms with Gasteiger partial charge in [-0.05, 0) is 38.3 Å². The molecule has 0 spiro atoms. The van der Waals surface area contributed by atoms with Gasteiger partial charge in [0.1, 0.15) is 0 Å². The summed E-state index contributed by atoms with van der Waals surface area (Å²) in [4.78, 5) is 2.41. The number of hydrogen-bond acceptors (Lipinski definition) is 2. The van der Waals surface area contributed by atoms with Crippen molar-refractivity contribution in [2.45, 2.75) is 58.6 Å². The Bertz CT molecular complexity index is 156. The summed E-state index contributed by atoms with van der Waals surface area (Å²) in [5.74, 6) is 0.837. The Morgan fingerprint density at radius 1 is 1.14 bits per heavy atom. The lowest BCUT2D eigenvalue weighted by molar-refractivity contribution is 0.00672. The first-order chi connectivity index (χ1) is 6.72. The van der Waals surface area contributed by atoms with Crippen molar-refractivity contribution in [3.05, 3.63) is 0 Å². The van der Waals surface area contributed by atoms with Gasteiger partial charge in [0, 0.05) is 6.04 Å². The van der Waals surface area contributed by atoms with Crippen molar-refractivity contribution in [1.29, 1.82) is 0 Å². The van der Waals surface area contributed by atoms with Crippen LogP contribution in [0.2, 0.25) is 0 Å². The Labute approximate surface area is 88.3 Å². The Morgan fingerprint density at radius 2 is 1.79 bits per heavy atom. The normalized spacial score (nSPS) is 33.6. The summed E-state index contributed by atoms with van der Waals surface area (Å²) in [6, 6.07) is 0.420. The second-order valence-corrected chi connectivity index (χ2v) is 4.44. The van der Waals surface area contributed by atoms with E-state index in [2.05, 4.69) is 25.7 Å². The first-order valence-electron chi connectivity index (χ1n) is 6.14. The first kappa shape index (κ1) is 12.0. The summed E-state index contributed by atoms with van der Waals surface area (Å²) in [5, 5.41) is 9.97. The van der Waals surface area contributed by atoms with E-state index in [1.165, 1.54) is 19.3 Å². The quantitative estimate of drug-likeness (QED) is 0.751. The van der Waals surface area contributed by atoms with Gasteiger partial charge >= 0.3 is 0 Å². The summed E-state index contributed by atoms with van der Waals surface area (Å²) in [6.07, 6.45) is 4.59. The molecule has 3 unspecified atom stereocenters. The van der Waals surface area contributed by atoms with Gasteiger partial charge in [0.2, 0.25) is 0 Å². The number of aliphatic hydroxyl groups excluding tert-OH is 1. The average molecular weight is 199 g/mol. The van der Waals surface area contributed by atoms with Crippen LogP contribution in [0.25, 0.3) is 0 Å². The molecule has 0 aromatic carbocycles. The highest BCUT2D eigenvalue weighted by Crippen LogP contribution is 2.29. The molecule has 3 atom stereocenters. The molecule has 84 valence electrons. The lowest BCUT2D eigenvalue weighted by Gasteiger charge is -2.39. The summed E-state index contributed by atoms with van der Waals surface area (Å²) in [6.45, 7) is 8.77. The fraction of sp³-hybridized carbons (Fsp3) is 1.00. The van der Waals surface area contributed by atoms with Crippen molar-refractivity contribution >= 4 is 0 Å². The fourth-order valence-corrected chi connectivity index (χ4v) is 2.67. The molecule has 2 heteroatoms. The maximum Gasteiger partial charge on any atom is 0.0695 e. The number of hydrogen-bond donors (Lipinski definition) is 1. The zero-order chi connectivity index (χ0) is 10.6. The molecule has 0 saturated heterocycles. The molecule has 0 heterocycles. The smallest absolute Gasteiger partial charge is 0.0695 e. The molecule has 0 aromatic heterocycles. The predicted molar refractivity (Wildman–Crippen MR) is 60.3 cm³/mol. The van der Waals surface area contributed by atoms with Crippen LogP contribution >= 0.6 is 0 Å². The minimum Gasteiger partial charge on any atom is -0.391 e. The molecule has 14 heavy (non-hydrogen) atoms. The second-order valence-electron chi connectivity index (χ2n) is 4.44. The van der Waals surface area contributed by atoms with Crippen LogP contribution < -0.4 is 0 Å². The molecule has 0 bridgehead atoms. The van der Waals surface area contributed by atoms with E-state index in [9.17, 15) is 5.11 Å². The van der Waals surface area contributed by atoms with E-state index >= 15 is 0 Å². The minimum absolute atomic E-state index is 0.0855. The highest BCUT2D eigenvalue weighted by molar-refractivity contribution is 4.85. The molecule has 0 aromatic rings. The topological polar surface area (TPSA) is 23.5 Å². The summed E-state index contributed by atoms with van der Waals surface area (Å²) in [7, 11) is 0. The minimum atomic E-state index is -0.0855. The summed E-state index contributed by atoms with van der Waals surface area (Å²) < 4.78 is 0. The molecular weight excluding hydrogens is 174 g/mol. The molecule has 0 aliphatic heterocycles. The molecule has 0 radical (unpaired) electrons. The lowest BCUT2D eigenvalue weighted by atomic mass is 9.81. The average Bonchev–Trinajstić information content (AvgIpc) is 2.22. The largest absolute Gasteiger partial charge is 0.391 e. The van der Waals surface area contributed by atoms with Crippen LogP contribution in [0.5, 0.6) is 0 Å². The third-order valence-corrected chi connectivity index (χ3v) is 3.75. The lowest BCUT2D eigenvalue weighted by Crippen LogP contribution is -2.47. The summed E-state index contributed by atoms with van der Waals surface area (Å²) in [5.41, 5.74) is 0. The molecule has 0 amide bonds. The van der Waals surface area contributed by atoms with E-state index < -0.39 is 0 Å². The van der Waals surface area contributed by atoms with Gasteiger partial charge in [0.25, 0.3) is 0 Å². The van der Waals surface area contributed by atoms with Crippen molar-refractivity contribution in [3.63, 3.8) is 0 Å². The molecule has 1 saturated carbocycles. The zero-order valence-corrected chi connectivity index (χ0v) is 9.87. The van der Waals surface area contributed by atoms with Gasteiger partial charge in [-0.1, -0.05) is 27.2 Å². The van der Waals surface area contributed by atoms with Crippen LogP contribution in [0.15, 0.2) is 0 Å². The highest BCUT2D eigenvalue weighted by atomic mass is 16.3. The van der Waals surface area contributed by atoms with Crippen LogP contribution in [-0.2, 0) is 0 Å². The van der Waals surface area contributed by atoms with E-state index in [1.54, 1.807) is 0 Å². The standard InChI is InChI=1S/C12H25NO/c1-4-10-7-8-12(14)11(9-10)13(5-2)6-3/h10-12,14H,4-9H2,1-3H3. The molecule has 1 rings (SSSR count). The number of rotatable bonds is 4. The monoisotopic (exact) mass is 199 g/mol. The number of likely N-dealkylation sites (N-methyl/N-ethyl adjacent to an activating group) is 1. The molecule has 2 nitrogen and oxygen atoms in total. The van der Waals surface area contributed by atoms with Crippen molar-refractivity contribution in [2.24, 2.45) is 5.92 Å². The van der Waals surface area contributed by atoms with Crippen molar-refractivity contribution in [2.75, 3.05) is 13.1 Å². The zero-order valence-electron chi connectivity index (χ0n) is 9.87. The maximum absolute atomic E-state index is 9.97. The van der Waals surface area contributed by atoms with Crippen molar-refractivity contribution in [3.8, 4) is 0 Å². The van der Waals surface area contributed by atoms with Gasteiger partial charge in [-0.25, -0.2) is 0 Å². The van der Waals surface area contributed by atoms with E-state index in [0.29, 0.717) is 6.04 Å². The Balaban J connectivity index is 2.54. The SMILES string of the molecule is CCC1CCC(O)C(N(CC)CC)C1. The predicted octanol–water partition coefficient (Wildman–Crippen LogP) is 2.27. The molecule has 1 aliphatic rings. The Morgan fingerprint density at radius 3 is 2.29 bits per heavy atom. The molecule has 1 fully saturated rings. The Hall–Kier alpha value is -0.0800. The maximum atomic E-state index is 9.97. The number of aliphatic hydroxyl groups is 1. The van der Waals surface area contributed by atoms with E-state index in [-0.39, 0.29) is 6.10 Å². The van der Waals surface area contributed by atoms with E-state index in [0.717, 1.165) is 25.4 Å². The second kappa shape index (κ2) is 5.72. The van der Waals surface area contributed by atoms with Crippen LogP contribution in [0.1, 0.15) is 46.5 Å². The molecule has 1 aliphatic carbocycles. The number of nitrogens with zero attached hydrogens (tertiary/aromatic N) is 1. The third-order valence-electron chi connectivity index (χ3n) is 3.75. The highest BCUT2D eigenvalue weighted by Gasteiger charge is 2.31. The van der Waals surface area contributed by atoms with Gasteiger partial charge < -0.3 is 5.11 Å². The van der Waals surface area contributed by atoms with Gasteiger partial charge in [-0.2, -0.15) is 0 Å². The molecule has 1 N–H and O–H groups in total.